The van der Waals surface area contributed by atoms with Gasteiger partial charge in [0.15, 0.2) is 5.78 Å². The third-order valence-electron chi connectivity index (χ3n) is 3.14. The van der Waals surface area contributed by atoms with Crippen LogP contribution in [0.4, 0.5) is 0 Å². The van der Waals surface area contributed by atoms with Crippen LogP contribution in [0.15, 0.2) is 24.1 Å². The predicted octanol–water partition coefficient (Wildman–Crippen LogP) is 2.65. The Morgan fingerprint density at radius 3 is 2.76 bits per heavy atom. The molecule has 1 aromatic rings. The van der Waals surface area contributed by atoms with Crippen LogP contribution in [0.25, 0.3) is 5.57 Å². The minimum absolute atomic E-state index is 0.0118. The Morgan fingerprint density at radius 1 is 1.48 bits per heavy atom. The molecule has 1 aliphatic heterocycles. The van der Waals surface area contributed by atoms with Gasteiger partial charge in [-0.1, -0.05) is 13.0 Å². The summed E-state index contributed by atoms with van der Waals surface area (Å²) in [7, 11) is 0. The first kappa shape index (κ1) is 15.0. The highest BCUT2D eigenvalue weighted by atomic mass is 16.5. The molecule has 5 heteroatoms. The summed E-state index contributed by atoms with van der Waals surface area (Å²) in [5.74, 6) is 0.414. The van der Waals surface area contributed by atoms with Crippen molar-refractivity contribution in [2.75, 3.05) is 6.61 Å². The van der Waals surface area contributed by atoms with Gasteiger partial charge in [-0.25, -0.2) is 4.98 Å². The van der Waals surface area contributed by atoms with E-state index in [4.69, 9.17) is 4.74 Å². The van der Waals surface area contributed by atoms with Crippen LogP contribution in [0.1, 0.15) is 49.8 Å². The zero-order valence-electron chi connectivity index (χ0n) is 12.6. The summed E-state index contributed by atoms with van der Waals surface area (Å²) in [5.41, 5.74) is 0.957. The fourth-order valence-electron chi connectivity index (χ4n) is 2.08. The number of nitrogens with zero attached hydrogens (tertiary/aromatic N) is 2. The SMILES string of the molecule is CCCC(=O)c1cccc(/C(C#N)=C2/NC(C)(C)CO2)n1. The number of aromatic nitrogens is 1. The van der Waals surface area contributed by atoms with Crippen molar-refractivity contribution in [1.29, 1.82) is 5.26 Å². The van der Waals surface area contributed by atoms with Crippen molar-refractivity contribution < 1.29 is 9.53 Å². The lowest BCUT2D eigenvalue weighted by Crippen LogP contribution is -2.34. The van der Waals surface area contributed by atoms with Gasteiger partial charge in [-0.2, -0.15) is 5.26 Å². The monoisotopic (exact) mass is 285 g/mol. The summed E-state index contributed by atoms with van der Waals surface area (Å²) in [4.78, 5) is 16.2. The highest BCUT2D eigenvalue weighted by Crippen LogP contribution is 2.24. The molecule has 2 rings (SSSR count). The van der Waals surface area contributed by atoms with Crippen molar-refractivity contribution in [3.8, 4) is 6.07 Å². The van der Waals surface area contributed by atoms with Gasteiger partial charge in [-0.3, -0.25) is 4.79 Å². The molecule has 0 aromatic carbocycles. The smallest absolute Gasteiger partial charge is 0.207 e. The van der Waals surface area contributed by atoms with E-state index in [1.54, 1.807) is 18.2 Å². The molecular formula is C16H19N3O2. The lowest BCUT2D eigenvalue weighted by Gasteiger charge is -2.13. The first-order valence-corrected chi connectivity index (χ1v) is 7.03. The van der Waals surface area contributed by atoms with Gasteiger partial charge in [-0.05, 0) is 32.4 Å². The molecule has 1 fully saturated rings. The van der Waals surface area contributed by atoms with Crippen LogP contribution < -0.4 is 5.32 Å². The molecule has 1 saturated heterocycles. The van der Waals surface area contributed by atoms with Gasteiger partial charge >= 0.3 is 0 Å². The van der Waals surface area contributed by atoms with Crippen molar-refractivity contribution >= 4 is 11.4 Å². The van der Waals surface area contributed by atoms with Crippen LogP contribution in [0.5, 0.6) is 0 Å². The van der Waals surface area contributed by atoms with Crippen LogP contribution in [-0.4, -0.2) is 22.9 Å². The van der Waals surface area contributed by atoms with Crippen molar-refractivity contribution in [2.45, 2.75) is 39.2 Å². The number of pyridine rings is 1. The standard InChI is InChI=1S/C16H19N3O2/c1-4-6-14(20)13-8-5-7-12(18-13)11(9-17)15-19-16(2,3)10-21-15/h5,7-8,19H,4,6,10H2,1-3H3/b15-11-. The molecule has 0 radical (unpaired) electrons. The van der Waals surface area contributed by atoms with E-state index in [0.29, 0.717) is 35.9 Å². The number of hydrogen-bond acceptors (Lipinski definition) is 5. The summed E-state index contributed by atoms with van der Waals surface area (Å²) in [5, 5.41) is 12.6. The van der Waals surface area contributed by atoms with Crippen LogP contribution in [-0.2, 0) is 4.74 Å². The normalized spacial score (nSPS) is 18.4. The van der Waals surface area contributed by atoms with E-state index in [-0.39, 0.29) is 11.3 Å². The van der Waals surface area contributed by atoms with Gasteiger partial charge in [0.1, 0.15) is 23.9 Å². The van der Waals surface area contributed by atoms with Gasteiger partial charge in [0.2, 0.25) is 5.88 Å². The van der Waals surface area contributed by atoms with Gasteiger partial charge in [0, 0.05) is 6.42 Å². The van der Waals surface area contributed by atoms with Crippen molar-refractivity contribution in [2.24, 2.45) is 0 Å². The van der Waals surface area contributed by atoms with Gasteiger partial charge in [-0.15, -0.1) is 0 Å². The first-order valence-electron chi connectivity index (χ1n) is 7.03. The van der Waals surface area contributed by atoms with Crippen LogP contribution in [0, 0.1) is 11.3 Å². The minimum Gasteiger partial charge on any atom is -0.476 e. The summed E-state index contributed by atoms with van der Waals surface area (Å²) in [6, 6.07) is 7.24. The average molecular weight is 285 g/mol. The number of allylic oxidation sites excluding steroid dienone is 1. The Labute approximate surface area is 124 Å². The number of hydrogen-bond donors (Lipinski definition) is 1. The molecule has 2 heterocycles. The van der Waals surface area contributed by atoms with Gasteiger partial charge in [0.05, 0.1) is 11.2 Å². The maximum absolute atomic E-state index is 11.9. The predicted molar refractivity (Wildman–Crippen MR) is 79.2 cm³/mol. The quantitative estimate of drug-likeness (QED) is 0.680. The number of ketones is 1. The second-order valence-electron chi connectivity index (χ2n) is 5.69. The Hall–Kier alpha value is -2.35. The Balaban J connectivity index is 2.37. The van der Waals surface area contributed by atoms with E-state index in [2.05, 4.69) is 16.4 Å². The van der Waals surface area contributed by atoms with E-state index < -0.39 is 0 Å². The molecule has 21 heavy (non-hydrogen) atoms. The average Bonchev–Trinajstić information content (AvgIpc) is 2.80. The number of ether oxygens (including phenoxy) is 1. The fourth-order valence-corrected chi connectivity index (χ4v) is 2.08. The highest BCUT2D eigenvalue weighted by Gasteiger charge is 2.30. The summed E-state index contributed by atoms with van der Waals surface area (Å²) < 4.78 is 5.54. The molecule has 0 spiro atoms. The lowest BCUT2D eigenvalue weighted by molar-refractivity contribution is 0.0977. The van der Waals surface area contributed by atoms with Crippen molar-refractivity contribution in [3.63, 3.8) is 0 Å². The fraction of sp³-hybridized carbons (Fsp3) is 0.438. The van der Waals surface area contributed by atoms with E-state index in [1.807, 2.05) is 20.8 Å². The van der Waals surface area contributed by atoms with Crippen molar-refractivity contribution in [3.05, 3.63) is 35.5 Å². The molecule has 0 atom stereocenters. The third kappa shape index (κ3) is 3.40. The molecule has 1 aromatic heterocycles. The topological polar surface area (TPSA) is 75.0 Å². The zero-order chi connectivity index (χ0) is 15.5. The van der Waals surface area contributed by atoms with Gasteiger partial charge < -0.3 is 10.1 Å². The van der Waals surface area contributed by atoms with E-state index in [0.717, 1.165) is 6.42 Å². The summed E-state index contributed by atoms with van der Waals surface area (Å²) >= 11 is 0. The zero-order valence-corrected chi connectivity index (χ0v) is 12.6. The molecular weight excluding hydrogens is 266 g/mol. The highest BCUT2D eigenvalue weighted by molar-refractivity contribution is 5.94. The number of Topliss-reactive ketones (excluding diaryl/α,β-unsaturated/α-hetero) is 1. The number of rotatable bonds is 4. The largest absolute Gasteiger partial charge is 0.476 e. The maximum Gasteiger partial charge on any atom is 0.207 e. The lowest BCUT2D eigenvalue weighted by atomic mass is 10.1. The summed E-state index contributed by atoms with van der Waals surface area (Å²) in [6.07, 6.45) is 1.23. The minimum atomic E-state index is -0.215. The van der Waals surface area contributed by atoms with E-state index in [1.165, 1.54) is 0 Å². The molecule has 5 nitrogen and oxygen atoms in total. The number of nitrogens with one attached hydrogen (secondary N) is 1. The van der Waals surface area contributed by atoms with E-state index in [9.17, 15) is 10.1 Å². The van der Waals surface area contributed by atoms with Gasteiger partial charge in [0.25, 0.3) is 0 Å². The Morgan fingerprint density at radius 2 is 2.19 bits per heavy atom. The molecule has 0 saturated carbocycles. The summed E-state index contributed by atoms with van der Waals surface area (Å²) in [6.45, 7) is 6.41. The second-order valence-corrected chi connectivity index (χ2v) is 5.69. The molecule has 1 N–H and O–H groups in total. The molecule has 0 unspecified atom stereocenters. The number of nitriles is 1. The molecule has 0 amide bonds. The Bertz CT molecular complexity index is 627. The van der Waals surface area contributed by atoms with Crippen LogP contribution in [0.3, 0.4) is 0 Å². The third-order valence-corrected chi connectivity index (χ3v) is 3.14. The Kier molecular flexibility index (Phi) is 4.27. The van der Waals surface area contributed by atoms with Crippen molar-refractivity contribution in [1.82, 2.24) is 10.3 Å². The molecule has 0 aliphatic carbocycles. The molecule has 110 valence electrons. The maximum atomic E-state index is 11.9. The van der Waals surface area contributed by atoms with E-state index >= 15 is 0 Å². The van der Waals surface area contributed by atoms with Crippen LogP contribution >= 0.6 is 0 Å². The van der Waals surface area contributed by atoms with Crippen LogP contribution in [0.2, 0.25) is 0 Å². The molecule has 0 bridgehead atoms. The second kappa shape index (κ2) is 5.96. The number of carbonyl (C=O) groups excluding carboxylic acids is 1. The first-order chi connectivity index (χ1) is 9.96. The molecule has 1 aliphatic rings. The number of carbonyl (C=O) groups is 1.